The molecule has 3 heteroatoms. The van der Waals surface area contributed by atoms with E-state index in [-0.39, 0.29) is 11.8 Å². The Labute approximate surface area is 79.6 Å². The molecule has 0 spiro atoms. The monoisotopic (exact) mass is 182 g/mol. The lowest BCUT2D eigenvalue weighted by Gasteiger charge is -2.26. The highest BCUT2D eigenvalue weighted by Gasteiger charge is 2.22. The van der Waals surface area contributed by atoms with Crippen LogP contribution in [0.3, 0.4) is 0 Å². The molecule has 0 radical (unpaired) electrons. The van der Waals surface area contributed by atoms with Crippen LogP contribution < -0.4 is 5.73 Å². The predicted molar refractivity (Wildman–Crippen MR) is 52.9 cm³/mol. The fourth-order valence-corrected chi connectivity index (χ4v) is 1.55. The summed E-state index contributed by atoms with van der Waals surface area (Å²) < 4.78 is 0. The minimum Gasteiger partial charge on any atom is -0.401 e. The van der Waals surface area contributed by atoms with Gasteiger partial charge in [0.2, 0.25) is 0 Å². The van der Waals surface area contributed by atoms with Crippen molar-refractivity contribution in [3.63, 3.8) is 0 Å². The molecule has 1 saturated heterocycles. The van der Waals surface area contributed by atoms with Crippen molar-refractivity contribution >= 4 is 5.91 Å². The maximum absolute atomic E-state index is 11.7. The van der Waals surface area contributed by atoms with Gasteiger partial charge in [0.05, 0.1) is 0 Å². The number of hydrogen-bond donors (Lipinski definition) is 1. The van der Waals surface area contributed by atoms with Gasteiger partial charge in [-0.3, -0.25) is 4.79 Å². The van der Waals surface area contributed by atoms with Crippen LogP contribution in [0.5, 0.6) is 0 Å². The number of amides is 1. The molecule has 0 saturated carbocycles. The minimum absolute atomic E-state index is 0.109. The van der Waals surface area contributed by atoms with Crippen molar-refractivity contribution in [2.24, 2.45) is 11.7 Å². The molecule has 0 unspecified atom stereocenters. The zero-order valence-electron chi connectivity index (χ0n) is 8.63. The van der Waals surface area contributed by atoms with Gasteiger partial charge >= 0.3 is 0 Å². The predicted octanol–water partition coefficient (Wildman–Crippen LogP) is 1.11. The van der Waals surface area contributed by atoms with Gasteiger partial charge in [0.1, 0.15) is 0 Å². The largest absolute Gasteiger partial charge is 0.401 e. The van der Waals surface area contributed by atoms with Crippen molar-refractivity contribution in [3.05, 3.63) is 11.3 Å². The maximum atomic E-state index is 11.7. The van der Waals surface area contributed by atoms with Crippen LogP contribution in [0, 0.1) is 5.92 Å². The summed E-state index contributed by atoms with van der Waals surface area (Å²) in [6.07, 6.45) is 1.87. The summed E-state index contributed by atoms with van der Waals surface area (Å²) in [5.74, 6) is 0.378. The van der Waals surface area contributed by atoms with Crippen LogP contribution in [0.15, 0.2) is 11.3 Å². The summed E-state index contributed by atoms with van der Waals surface area (Å²) in [6.45, 7) is 4.89. The number of carbonyl (C=O) groups is 1. The number of likely N-dealkylation sites (tertiary alicyclic amines) is 1. The van der Waals surface area contributed by atoms with Gasteiger partial charge in [-0.05, 0) is 18.8 Å². The fourth-order valence-electron chi connectivity index (χ4n) is 1.55. The SMILES string of the molecule is CC(C)/C(N)=C1/CCCN(C)C1=O. The summed E-state index contributed by atoms with van der Waals surface area (Å²) in [5.41, 5.74) is 7.46. The number of likely N-dealkylation sites (N-methyl/N-ethyl adjacent to an activating group) is 1. The molecule has 0 aromatic carbocycles. The molecule has 0 atom stereocenters. The molecule has 3 nitrogen and oxygen atoms in total. The van der Waals surface area contributed by atoms with Crippen molar-refractivity contribution in [3.8, 4) is 0 Å². The average Bonchev–Trinajstić information content (AvgIpc) is 2.08. The lowest BCUT2D eigenvalue weighted by atomic mass is 9.97. The third-order valence-corrected chi connectivity index (χ3v) is 2.50. The zero-order valence-corrected chi connectivity index (χ0v) is 8.63. The van der Waals surface area contributed by atoms with Crippen LogP contribution in [-0.2, 0) is 4.79 Å². The molecular weight excluding hydrogens is 164 g/mol. The van der Waals surface area contributed by atoms with E-state index in [9.17, 15) is 4.79 Å². The first-order valence-corrected chi connectivity index (χ1v) is 4.78. The second-order valence-electron chi connectivity index (χ2n) is 3.92. The number of hydrogen-bond acceptors (Lipinski definition) is 2. The molecule has 1 heterocycles. The molecule has 13 heavy (non-hydrogen) atoms. The quantitative estimate of drug-likeness (QED) is 0.617. The molecule has 1 amide bonds. The number of piperidine rings is 1. The Morgan fingerprint density at radius 3 is 2.69 bits per heavy atom. The standard InChI is InChI=1S/C10H18N2O/c1-7(2)9(11)8-5-4-6-12(3)10(8)13/h7H,4-6,11H2,1-3H3/b9-8+. The van der Waals surface area contributed by atoms with Crippen molar-refractivity contribution in [1.82, 2.24) is 4.90 Å². The Kier molecular flexibility index (Phi) is 2.96. The number of nitrogens with zero attached hydrogens (tertiary/aromatic N) is 1. The van der Waals surface area contributed by atoms with Gasteiger partial charge in [0.15, 0.2) is 0 Å². The van der Waals surface area contributed by atoms with Crippen LogP contribution in [0.25, 0.3) is 0 Å². The number of allylic oxidation sites excluding steroid dienone is 1. The van der Waals surface area contributed by atoms with E-state index in [1.165, 1.54) is 0 Å². The average molecular weight is 182 g/mol. The van der Waals surface area contributed by atoms with E-state index in [4.69, 9.17) is 5.73 Å². The van der Waals surface area contributed by atoms with E-state index in [1.807, 2.05) is 20.9 Å². The highest BCUT2D eigenvalue weighted by molar-refractivity contribution is 5.94. The molecule has 74 valence electrons. The van der Waals surface area contributed by atoms with E-state index >= 15 is 0 Å². The van der Waals surface area contributed by atoms with Crippen molar-refractivity contribution in [2.45, 2.75) is 26.7 Å². The molecular formula is C10H18N2O. The summed E-state index contributed by atoms with van der Waals surface area (Å²) in [7, 11) is 1.83. The Bertz CT molecular complexity index is 243. The fraction of sp³-hybridized carbons (Fsp3) is 0.700. The van der Waals surface area contributed by atoms with Gasteiger partial charge in [-0.1, -0.05) is 13.8 Å². The topological polar surface area (TPSA) is 46.3 Å². The molecule has 0 aliphatic carbocycles. The summed E-state index contributed by atoms with van der Waals surface area (Å²) in [6, 6.07) is 0. The van der Waals surface area contributed by atoms with Crippen LogP contribution >= 0.6 is 0 Å². The van der Waals surface area contributed by atoms with E-state index in [2.05, 4.69) is 0 Å². The lowest BCUT2D eigenvalue weighted by Crippen LogP contribution is -2.35. The van der Waals surface area contributed by atoms with Gasteiger partial charge < -0.3 is 10.6 Å². The van der Waals surface area contributed by atoms with Crippen molar-refractivity contribution in [2.75, 3.05) is 13.6 Å². The lowest BCUT2D eigenvalue weighted by molar-refractivity contribution is -0.127. The Balaban J connectivity index is 2.90. The minimum atomic E-state index is 0.109. The Hall–Kier alpha value is -0.990. The van der Waals surface area contributed by atoms with Crippen LogP contribution in [0.2, 0.25) is 0 Å². The summed E-state index contributed by atoms with van der Waals surface area (Å²) in [5, 5.41) is 0. The number of carbonyl (C=O) groups excluding carboxylic acids is 1. The Morgan fingerprint density at radius 2 is 2.15 bits per heavy atom. The highest BCUT2D eigenvalue weighted by Crippen LogP contribution is 2.20. The van der Waals surface area contributed by atoms with Crippen molar-refractivity contribution in [1.29, 1.82) is 0 Å². The van der Waals surface area contributed by atoms with E-state index < -0.39 is 0 Å². The first-order chi connectivity index (χ1) is 6.04. The van der Waals surface area contributed by atoms with Gasteiger partial charge in [0.25, 0.3) is 5.91 Å². The smallest absolute Gasteiger partial charge is 0.251 e. The number of nitrogens with two attached hydrogens (primary N) is 1. The zero-order chi connectivity index (χ0) is 10.0. The second-order valence-corrected chi connectivity index (χ2v) is 3.92. The highest BCUT2D eigenvalue weighted by atomic mass is 16.2. The number of rotatable bonds is 1. The maximum Gasteiger partial charge on any atom is 0.251 e. The first-order valence-electron chi connectivity index (χ1n) is 4.78. The summed E-state index contributed by atoms with van der Waals surface area (Å²) in [4.78, 5) is 13.4. The normalized spacial score (nSPS) is 22.5. The van der Waals surface area contributed by atoms with E-state index in [1.54, 1.807) is 4.90 Å². The van der Waals surface area contributed by atoms with Crippen LogP contribution in [-0.4, -0.2) is 24.4 Å². The van der Waals surface area contributed by atoms with E-state index in [0.717, 1.165) is 30.7 Å². The molecule has 0 aromatic heterocycles. The van der Waals surface area contributed by atoms with Gasteiger partial charge in [-0.2, -0.15) is 0 Å². The molecule has 0 bridgehead atoms. The molecule has 1 aliphatic rings. The van der Waals surface area contributed by atoms with Gasteiger partial charge in [-0.15, -0.1) is 0 Å². The first kappa shape index (κ1) is 10.1. The molecule has 2 N–H and O–H groups in total. The summed E-state index contributed by atoms with van der Waals surface area (Å²) >= 11 is 0. The molecule has 1 fully saturated rings. The second kappa shape index (κ2) is 3.81. The van der Waals surface area contributed by atoms with Gasteiger partial charge in [0, 0.05) is 24.9 Å². The molecule has 1 rings (SSSR count). The third-order valence-electron chi connectivity index (χ3n) is 2.50. The van der Waals surface area contributed by atoms with Crippen LogP contribution in [0.4, 0.5) is 0 Å². The molecule has 0 aromatic rings. The Morgan fingerprint density at radius 1 is 1.54 bits per heavy atom. The third kappa shape index (κ3) is 2.02. The van der Waals surface area contributed by atoms with Crippen LogP contribution in [0.1, 0.15) is 26.7 Å². The van der Waals surface area contributed by atoms with Gasteiger partial charge in [-0.25, -0.2) is 0 Å². The molecule has 1 aliphatic heterocycles. The van der Waals surface area contributed by atoms with Crippen molar-refractivity contribution < 1.29 is 4.79 Å². The van der Waals surface area contributed by atoms with E-state index in [0.29, 0.717) is 0 Å².